The quantitative estimate of drug-likeness (QED) is 0.523. The van der Waals surface area contributed by atoms with Gasteiger partial charge >= 0.3 is 18.1 Å². The SMILES string of the molecule is COC(=O)c1cc(C2=NOC(c3cc(Cl)cc(Cl)c3)(C(F)(F)F)C2)ccc1COC(C)=O. The number of nitrogens with zero attached hydrogens (tertiary/aromatic N) is 1. The molecule has 1 unspecified atom stereocenters. The molecule has 0 radical (unpaired) electrons. The van der Waals surface area contributed by atoms with Gasteiger partial charge < -0.3 is 14.3 Å². The zero-order chi connectivity index (χ0) is 23.7. The molecule has 0 spiro atoms. The number of halogens is 5. The van der Waals surface area contributed by atoms with Crippen molar-refractivity contribution in [3.63, 3.8) is 0 Å². The van der Waals surface area contributed by atoms with Crippen LogP contribution in [0.1, 0.15) is 40.4 Å². The lowest BCUT2D eigenvalue weighted by atomic mass is 9.86. The Morgan fingerprint density at radius 3 is 2.38 bits per heavy atom. The number of carbonyl (C=O) groups is 2. The van der Waals surface area contributed by atoms with E-state index in [1.54, 1.807) is 0 Å². The summed E-state index contributed by atoms with van der Waals surface area (Å²) in [6.07, 6.45) is -5.54. The van der Waals surface area contributed by atoms with Gasteiger partial charge in [0.05, 0.1) is 18.4 Å². The van der Waals surface area contributed by atoms with E-state index in [1.165, 1.54) is 31.2 Å². The van der Waals surface area contributed by atoms with Crippen molar-refractivity contribution in [3.05, 3.63) is 68.7 Å². The van der Waals surface area contributed by atoms with Crippen LogP contribution in [-0.4, -0.2) is 30.9 Å². The third kappa shape index (κ3) is 4.68. The van der Waals surface area contributed by atoms with Crippen molar-refractivity contribution in [1.82, 2.24) is 0 Å². The van der Waals surface area contributed by atoms with Crippen LogP contribution < -0.4 is 0 Å². The van der Waals surface area contributed by atoms with E-state index in [4.69, 9.17) is 37.5 Å². The minimum atomic E-state index is -4.85. The molecule has 0 bridgehead atoms. The third-order valence-corrected chi connectivity index (χ3v) is 5.23. The molecule has 0 aromatic heterocycles. The van der Waals surface area contributed by atoms with Crippen LogP contribution in [0.3, 0.4) is 0 Å². The summed E-state index contributed by atoms with van der Waals surface area (Å²) in [5.41, 5.74) is -2.62. The molecule has 1 aliphatic rings. The lowest BCUT2D eigenvalue weighted by molar-refractivity contribution is -0.275. The summed E-state index contributed by atoms with van der Waals surface area (Å²) in [5.74, 6) is -1.31. The second-order valence-electron chi connectivity index (χ2n) is 6.93. The summed E-state index contributed by atoms with van der Waals surface area (Å²) < 4.78 is 52.1. The van der Waals surface area contributed by atoms with E-state index < -0.39 is 30.1 Å². The fourth-order valence-electron chi connectivity index (χ4n) is 3.21. The number of rotatable bonds is 5. The first-order chi connectivity index (χ1) is 15.0. The fraction of sp³-hybridized carbons (Fsp3) is 0.286. The van der Waals surface area contributed by atoms with E-state index in [1.807, 2.05) is 0 Å². The Hall–Kier alpha value is -2.78. The van der Waals surface area contributed by atoms with Crippen molar-refractivity contribution in [3.8, 4) is 0 Å². The maximum absolute atomic E-state index is 14.1. The Bertz CT molecular complexity index is 1080. The first-order valence-corrected chi connectivity index (χ1v) is 9.86. The zero-order valence-corrected chi connectivity index (χ0v) is 18.3. The maximum atomic E-state index is 14.1. The van der Waals surface area contributed by atoms with Gasteiger partial charge in [0.1, 0.15) is 6.61 Å². The van der Waals surface area contributed by atoms with Gasteiger partial charge in [-0.25, -0.2) is 4.79 Å². The molecular formula is C21H16Cl2F3NO5. The predicted octanol–water partition coefficient (Wildman–Crippen LogP) is 5.43. The van der Waals surface area contributed by atoms with E-state index in [-0.39, 0.29) is 39.1 Å². The van der Waals surface area contributed by atoms with E-state index in [2.05, 4.69) is 5.16 Å². The van der Waals surface area contributed by atoms with Gasteiger partial charge in [-0.05, 0) is 24.3 Å². The second-order valence-corrected chi connectivity index (χ2v) is 7.81. The van der Waals surface area contributed by atoms with Gasteiger partial charge in [-0.3, -0.25) is 4.79 Å². The van der Waals surface area contributed by atoms with Gasteiger partial charge in [0.25, 0.3) is 5.60 Å². The van der Waals surface area contributed by atoms with Crippen LogP contribution in [0.2, 0.25) is 10.0 Å². The summed E-state index contributed by atoms with van der Waals surface area (Å²) >= 11 is 11.8. The average Bonchev–Trinajstić information content (AvgIpc) is 3.18. The number of hydrogen-bond donors (Lipinski definition) is 0. The first-order valence-electron chi connectivity index (χ1n) is 9.10. The molecule has 0 amide bonds. The largest absolute Gasteiger partial charge is 0.465 e. The normalized spacial score (nSPS) is 18.0. The van der Waals surface area contributed by atoms with Gasteiger partial charge in [0, 0.05) is 40.1 Å². The second kappa shape index (κ2) is 8.99. The molecule has 2 aromatic carbocycles. The Morgan fingerprint density at radius 2 is 1.81 bits per heavy atom. The minimum absolute atomic E-state index is 0.0102. The monoisotopic (exact) mass is 489 g/mol. The van der Waals surface area contributed by atoms with Gasteiger partial charge in [0.2, 0.25) is 0 Å². The number of methoxy groups -OCH3 is 1. The Morgan fingerprint density at radius 1 is 1.16 bits per heavy atom. The summed E-state index contributed by atoms with van der Waals surface area (Å²) in [6.45, 7) is 0.992. The van der Waals surface area contributed by atoms with Crippen molar-refractivity contribution >= 4 is 40.9 Å². The summed E-state index contributed by atoms with van der Waals surface area (Å²) in [4.78, 5) is 28.2. The Labute approximate surface area is 190 Å². The summed E-state index contributed by atoms with van der Waals surface area (Å²) in [7, 11) is 1.15. The lowest BCUT2D eigenvalue weighted by Crippen LogP contribution is -2.42. The standard InChI is InChI=1S/C21H16Cl2F3NO5/c1-11(28)31-10-13-4-3-12(5-17(13)19(29)30-2)18-9-20(32-27-18,21(24,25)26)14-6-15(22)8-16(23)7-14/h3-8H,9-10H2,1-2H3. The summed E-state index contributed by atoms with van der Waals surface area (Å²) in [6, 6.07) is 7.73. The van der Waals surface area contributed by atoms with Crippen LogP contribution >= 0.6 is 23.2 Å². The highest BCUT2D eigenvalue weighted by Crippen LogP contribution is 2.49. The summed E-state index contributed by atoms with van der Waals surface area (Å²) in [5, 5.41) is 3.69. The van der Waals surface area contributed by atoms with Gasteiger partial charge in [-0.2, -0.15) is 13.2 Å². The van der Waals surface area contributed by atoms with Crippen LogP contribution in [0.5, 0.6) is 0 Å². The van der Waals surface area contributed by atoms with Crippen molar-refractivity contribution < 1.29 is 37.1 Å². The topological polar surface area (TPSA) is 74.2 Å². The molecule has 0 saturated heterocycles. The molecular weight excluding hydrogens is 474 g/mol. The van der Waals surface area contributed by atoms with Gasteiger partial charge in [-0.15, -0.1) is 0 Å². The number of oxime groups is 1. The highest BCUT2D eigenvalue weighted by Gasteiger charge is 2.62. The fourth-order valence-corrected chi connectivity index (χ4v) is 3.73. The molecule has 0 N–H and O–H groups in total. The molecule has 1 aliphatic heterocycles. The molecule has 170 valence electrons. The van der Waals surface area contributed by atoms with Crippen molar-refractivity contribution in [2.45, 2.75) is 31.7 Å². The number of alkyl halides is 3. The van der Waals surface area contributed by atoms with Crippen LogP contribution in [-0.2, 0) is 31.3 Å². The molecule has 0 saturated carbocycles. The van der Waals surface area contributed by atoms with Crippen LogP contribution in [0.25, 0.3) is 0 Å². The smallest absolute Gasteiger partial charge is 0.435 e. The van der Waals surface area contributed by atoms with Crippen molar-refractivity contribution in [2.24, 2.45) is 5.16 Å². The minimum Gasteiger partial charge on any atom is -0.465 e. The molecule has 0 aliphatic carbocycles. The maximum Gasteiger partial charge on any atom is 0.435 e. The van der Waals surface area contributed by atoms with Crippen molar-refractivity contribution in [2.75, 3.05) is 7.11 Å². The first kappa shape index (κ1) is 23.9. The number of hydrogen-bond acceptors (Lipinski definition) is 6. The lowest BCUT2D eigenvalue weighted by Gasteiger charge is -2.29. The van der Waals surface area contributed by atoms with Crippen LogP contribution in [0, 0.1) is 0 Å². The highest BCUT2D eigenvalue weighted by atomic mass is 35.5. The van der Waals surface area contributed by atoms with Crippen LogP contribution in [0.15, 0.2) is 41.6 Å². The van der Waals surface area contributed by atoms with E-state index in [9.17, 15) is 22.8 Å². The van der Waals surface area contributed by atoms with Crippen LogP contribution in [0.4, 0.5) is 13.2 Å². The average molecular weight is 490 g/mol. The molecule has 1 heterocycles. The molecule has 6 nitrogen and oxygen atoms in total. The Kier molecular flexibility index (Phi) is 6.71. The molecule has 32 heavy (non-hydrogen) atoms. The molecule has 11 heteroatoms. The highest BCUT2D eigenvalue weighted by molar-refractivity contribution is 6.34. The number of benzene rings is 2. The molecule has 0 fully saturated rings. The van der Waals surface area contributed by atoms with E-state index >= 15 is 0 Å². The van der Waals surface area contributed by atoms with Crippen molar-refractivity contribution in [1.29, 1.82) is 0 Å². The molecule has 3 rings (SSSR count). The number of esters is 2. The van der Waals surface area contributed by atoms with E-state index in [0.717, 1.165) is 19.2 Å². The van der Waals surface area contributed by atoms with E-state index in [0.29, 0.717) is 5.56 Å². The third-order valence-electron chi connectivity index (χ3n) is 4.79. The number of carbonyl (C=O) groups excluding carboxylic acids is 2. The van der Waals surface area contributed by atoms with Gasteiger partial charge in [-0.1, -0.05) is 40.5 Å². The molecule has 1 atom stereocenters. The zero-order valence-electron chi connectivity index (χ0n) is 16.8. The number of ether oxygens (including phenoxy) is 2. The Balaban J connectivity index is 2.00. The molecule has 2 aromatic rings. The predicted molar refractivity (Wildman–Crippen MR) is 110 cm³/mol. The van der Waals surface area contributed by atoms with Gasteiger partial charge in [0.15, 0.2) is 0 Å².